The number of hydrogen-bond donors (Lipinski definition) is 0. The van der Waals surface area contributed by atoms with Crippen LogP contribution in [0.25, 0.3) is 0 Å². The summed E-state index contributed by atoms with van der Waals surface area (Å²) in [6.07, 6.45) is 1.48. The highest BCUT2D eigenvalue weighted by Gasteiger charge is 2.48. The molecule has 1 aliphatic heterocycles. The largest absolute Gasteiger partial charge is 0.278 e. The van der Waals surface area contributed by atoms with Gasteiger partial charge in [-0.05, 0) is 32.3 Å². The van der Waals surface area contributed by atoms with E-state index in [2.05, 4.69) is 13.8 Å². The lowest BCUT2D eigenvalue weighted by Crippen LogP contribution is -2.30. The van der Waals surface area contributed by atoms with E-state index in [0.29, 0.717) is 6.54 Å². The molecule has 2 aliphatic rings. The van der Waals surface area contributed by atoms with Crippen molar-refractivity contribution in [3.05, 3.63) is 47.0 Å². The average Bonchev–Trinajstić information content (AvgIpc) is 2.66. The molecule has 2 atom stereocenters. The highest BCUT2D eigenvalue weighted by Crippen LogP contribution is 2.41. The first-order valence-electron chi connectivity index (χ1n) is 7.12. The number of hydrogen-bond acceptors (Lipinski definition) is 2. The fourth-order valence-electron chi connectivity index (χ4n) is 3.24. The van der Waals surface area contributed by atoms with Gasteiger partial charge in [0.2, 0.25) is 11.8 Å². The van der Waals surface area contributed by atoms with Crippen molar-refractivity contribution in [3.8, 4) is 0 Å². The smallest absolute Gasteiger partial charge is 0.233 e. The number of rotatable bonds is 2. The molecule has 1 aromatic carbocycles. The number of likely N-dealkylation sites (tertiary alicyclic amines) is 1. The van der Waals surface area contributed by atoms with E-state index in [1.54, 1.807) is 0 Å². The van der Waals surface area contributed by atoms with Gasteiger partial charge in [-0.25, -0.2) is 0 Å². The highest BCUT2D eigenvalue weighted by molar-refractivity contribution is 6.05. The third kappa shape index (κ3) is 2.07. The molecule has 0 saturated carbocycles. The van der Waals surface area contributed by atoms with Gasteiger partial charge >= 0.3 is 0 Å². The molecule has 20 heavy (non-hydrogen) atoms. The number of fused-ring (bicyclic) bond motifs is 1. The van der Waals surface area contributed by atoms with Crippen molar-refractivity contribution in [1.29, 1.82) is 0 Å². The molecule has 1 heterocycles. The van der Waals surface area contributed by atoms with Crippen LogP contribution in [-0.4, -0.2) is 16.7 Å². The summed E-state index contributed by atoms with van der Waals surface area (Å²) in [5.41, 5.74) is 3.55. The number of amides is 2. The third-order valence-electron chi connectivity index (χ3n) is 4.62. The molecule has 0 N–H and O–H groups in total. The number of carbonyl (C=O) groups is 2. The number of imide groups is 1. The van der Waals surface area contributed by atoms with Crippen LogP contribution < -0.4 is 0 Å². The maximum atomic E-state index is 12.5. The van der Waals surface area contributed by atoms with E-state index in [1.807, 2.05) is 30.3 Å². The van der Waals surface area contributed by atoms with Crippen molar-refractivity contribution in [2.24, 2.45) is 11.8 Å². The zero-order chi connectivity index (χ0) is 14.3. The lowest BCUT2D eigenvalue weighted by Gasteiger charge is -2.23. The molecular weight excluding hydrogens is 250 g/mol. The first-order valence-corrected chi connectivity index (χ1v) is 7.12. The Labute approximate surface area is 119 Å². The lowest BCUT2D eigenvalue weighted by molar-refractivity contribution is -0.140. The van der Waals surface area contributed by atoms with Crippen LogP contribution in [0.1, 0.15) is 32.3 Å². The van der Waals surface area contributed by atoms with E-state index < -0.39 is 0 Å². The first-order chi connectivity index (χ1) is 9.58. The molecule has 3 nitrogen and oxygen atoms in total. The average molecular weight is 269 g/mol. The normalized spacial score (nSPS) is 26.2. The van der Waals surface area contributed by atoms with Gasteiger partial charge in [0.1, 0.15) is 0 Å². The molecule has 0 radical (unpaired) electrons. The quantitative estimate of drug-likeness (QED) is 0.611. The molecule has 1 fully saturated rings. The second-order valence-electron chi connectivity index (χ2n) is 5.93. The zero-order valence-corrected chi connectivity index (χ0v) is 11.9. The highest BCUT2D eigenvalue weighted by atomic mass is 16.2. The maximum Gasteiger partial charge on any atom is 0.233 e. The van der Waals surface area contributed by atoms with Gasteiger partial charge in [0.25, 0.3) is 0 Å². The van der Waals surface area contributed by atoms with Gasteiger partial charge in [0, 0.05) is 0 Å². The summed E-state index contributed by atoms with van der Waals surface area (Å²) >= 11 is 0. The SMILES string of the molecule is CC1=C(C)C[C@@H]2C(=O)N(Cc3ccccc3)C(=O)[C@H]2C1. The summed E-state index contributed by atoms with van der Waals surface area (Å²) in [5, 5.41) is 0. The second kappa shape index (κ2) is 4.89. The Bertz CT molecular complexity index is 556. The topological polar surface area (TPSA) is 37.4 Å². The molecule has 0 aromatic heterocycles. The minimum absolute atomic E-state index is 0.00991. The predicted molar refractivity (Wildman–Crippen MR) is 76.6 cm³/mol. The molecule has 3 rings (SSSR count). The van der Waals surface area contributed by atoms with Crippen LogP contribution >= 0.6 is 0 Å². The van der Waals surface area contributed by atoms with Gasteiger partial charge in [-0.15, -0.1) is 0 Å². The molecule has 104 valence electrons. The standard InChI is InChI=1S/C17H19NO2/c1-11-8-14-15(9-12(11)2)17(20)18(16(14)19)10-13-6-4-3-5-7-13/h3-7,14-15H,8-10H2,1-2H3/t14-,15-/m0/s1. The van der Waals surface area contributed by atoms with Crippen molar-refractivity contribution < 1.29 is 9.59 Å². The van der Waals surface area contributed by atoms with Gasteiger partial charge < -0.3 is 0 Å². The molecule has 1 aliphatic carbocycles. The van der Waals surface area contributed by atoms with Gasteiger partial charge in [-0.3, -0.25) is 14.5 Å². The number of allylic oxidation sites excluding steroid dienone is 2. The fourth-order valence-corrected chi connectivity index (χ4v) is 3.24. The molecule has 0 bridgehead atoms. The van der Waals surface area contributed by atoms with E-state index in [1.165, 1.54) is 16.0 Å². The van der Waals surface area contributed by atoms with Crippen LogP contribution in [0.2, 0.25) is 0 Å². The van der Waals surface area contributed by atoms with Gasteiger partial charge in [-0.1, -0.05) is 41.5 Å². The molecule has 2 amide bonds. The Hall–Kier alpha value is -1.90. The summed E-state index contributed by atoms with van der Waals surface area (Å²) in [7, 11) is 0. The summed E-state index contributed by atoms with van der Waals surface area (Å²) < 4.78 is 0. The number of carbonyl (C=O) groups excluding carboxylic acids is 2. The Balaban J connectivity index is 1.83. The van der Waals surface area contributed by atoms with Crippen LogP contribution in [-0.2, 0) is 16.1 Å². The van der Waals surface area contributed by atoms with Gasteiger partial charge in [-0.2, -0.15) is 0 Å². The predicted octanol–water partition coefficient (Wildman–Crippen LogP) is 2.92. The van der Waals surface area contributed by atoms with Crippen molar-refractivity contribution in [2.75, 3.05) is 0 Å². The van der Waals surface area contributed by atoms with E-state index in [-0.39, 0.29) is 23.7 Å². The summed E-state index contributed by atoms with van der Waals surface area (Å²) in [6, 6.07) is 9.72. The Kier molecular flexibility index (Phi) is 3.20. The number of benzene rings is 1. The Morgan fingerprint density at radius 3 is 1.95 bits per heavy atom. The molecule has 0 spiro atoms. The second-order valence-corrected chi connectivity index (χ2v) is 5.93. The van der Waals surface area contributed by atoms with Gasteiger partial charge in [0.15, 0.2) is 0 Å². The van der Waals surface area contributed by atoms with E-state index in [4.69, 9.17) is 0 Å². The van der Waals surface area contributed by atoms with Crippen molar-refractivity contribution in [1.82, 2.24) is 4.90 Å². The summed E-state index contributed by atoms with van der Waals surface area (Å²) in [4.78, 5) is 26.4. The van der Waals surface area contributed by atoms with Crippen LogP contribution in [0.15, 0.2) is 41.5 Å². The van der Waals surface area contributed by atoms with Crippen LogP contribution in [0.5, 0.6) is 0 Å². The first kappa shape index (κ1) is 13.1. The molecule has 3 heteroatoms. The van der Waals surface area contributed by atoms with Crippen LogP contribution in [0.4, 0.5) is 0 Å². The maximum absolute atomic E-state index is 12.5. The van der Waals surface area contributed by atoms with Gasteiger partial charge in [0.05, 0.1) is 18.4 Å². The van der Waals surface area contributed by atoms with Crippen molar-refractivity contribution >= 4 is 11.8 Å². The molecule has 1 aromatic rings. The Morgan fingerprint density at radius 1 is 0.950 bits per heavy atom. The minimum atomic E-state index is -0.130. The van der Waals surface area contributed by atoms with Crippen molar-refractivity contribution in [2.45, 2.75) is 33.2 Å². The summed E-state index contributed by atoms with van der Waals surface area (Å²) in [5.74, 6) is -0.240. The minimum Gasteiger partial charge on any atom is -0.278 e. The van der Waals surface area contributed by atoms with Crippen LogP contribution in [0, 0.1) is 11.8 Å². The van der Waals surface area contributed by atoms with Crippen molar-refractivity contribution in [3.63, 3.8) is 0 Å². The third-order valence-corrected chi connectivity index (χ3v) is 4.62. The Morgan fingerprint density at radius 2 is 1.45 bits per heavy atom. The molecule has 0 unspecified atom stereocenters. The molecular formula is C17H19NO2. The van der Waals surface area contributed by atoms with E-state index in [0.717, 1.165) is 18.4 Å². The lowest BCUT2D eigenvalue weighted by atomic mass is 9.78. The van der Waals surface area contributed by atoms with E-state index >= 15 is 0 Å². The monoisotopic (exact) mass is 269 g/mol. The fraction of sp³-hybridized carbons (Fsp3) is 0.412. The van der Waals surface area contributed by atoms with Crippen LogP contribution in [0.3, 0.4) is 0 Å². The zero-order valence-electron chi connectivity index (χ0n) is 11.9. The summed E-state index contributed by atoms with van der Waals surface area (Å²) in [6.45, 7) is 4.55. The molecule has 1 saturated heterocycles. The number of nitrogens with zero attached hydrogens (tertiary/aromatic N) is 1. The van der Waals surface area contributed by atoms with E-state index in [9.17, 15) is 9.59 Å².